The van der Waals surface area contributed by atoms with E-state index in [0.29, 0.717) is 6.54 Å². The highest BCUT2D eigenvalue weighted by Crippen LogP contribution is 2.40. The third-order valence-electron chi connectivity index (χ3n) is 3.59. The van der Waals surface area contributed by atoms with Crippen molar-refractivity contribution in [2.24, 2.45) is 5.41 Å². The lowest BCUT2D eigenvalue weighted by molar-refractivity contribution is -0.234. The largest absolute Gasteiger partial charge is 0.381 e. The van der Waals surface area contributed by atoms with Crippen molar-refractivity contribution < 1.29 is 14.3 Å². The van der Waals surface area contributed by atoms with Gasteiger partial charge in [-0.25, -0.2) is 0 Å². The second kappa shape index (κ2) is 4.58. The molecular weight excluding hydrogens is 218 g/mol. The molecule has 2 heterocycles. The van der Waals surface area contributed by atoms with Gasteiger partial charge in [0.25, 0.3) is 0 Å². The molecule has 98 valence electrons. The monoisotopic (exact) mass is 241 g/mol. The van der Waals surface area contributed by atoms with E-state index in [1.54, 1.807) is 0 Å². The van der Waals surface area contributed by atoms with E-state index >= 15 is 0 Å². The number of carbonyl (C=O) groups is 1. The first-order valence-electron chi connectivity index (χ1n) is 6.45. The third kappa shape index (κ3) is 2.99. The van der Waals surface area contributed by atoms with Crippen molar-refractivity contribution in [1.29, 1.82) is 0 Å². The Labute approximate surface area is 103 Å². The molecule has 1 N–H and O–H groups in total. The Morgan fingerprint density at radius 2 is 1.94 bits per heavy atom. The summed E-state index contributed by atoms with van der Waals surface area (Å²) in [6, 6.07) is 0. The molecule has 4 heteroatoms. The molecule has 2 fully saturated rings. The van der Waals surface area contributed by atoms with E-state index in [2.05, 4.69) is 5.32 Å². The lowest BCUT2D eigenvalue weighted by atomic mass is 9.82. The van der Waals surface area contributed by atoms with E-state index in [4.69, 9.17) is 9.47 Å². The van der Waals surface area contributed by atoms with Crippen LogP contribution in [0.3, 0.4) is 0 Å². The van der Waals surface area contributed by atoms with E-state index in [1.807, 2.05) is 20.8 Å². The SMILES string of the molecule is CC(C)(C)C(=O)NCC1CC2(CCOCC2)O1. The summed E-state index contributed by atoms with van der Waals surface area (Å²) in [7, 11) is 0. The van der Waals surface area contributed by atoms with Crippen LogP contribution in [0.4, 0.5) is 0 Å². The van der Waals surface area contributed by atoms with E-state index in [-0.39, 0.29) is 23.0 Å². The summed E-state index contributed by atoms with van der Waals surface area (Å²) in [5.41, 5.74) is -0.254. The van der Waals surface area contributed by atoms with Crippen LogP contribution in [0.5, 0.6) is 0 Å². The summed E-state index contributed by atoms with van der Waals surface area (Å²) in [6.07, 6.45) is 3.24. The van der Waals surface area contributed by atoms with Crippen LogP contribution in [0.1, 0.15) is 40.0 Å². The van der Waals surface area contributed by atoms with Gasteiger partial charge >= 0.3 is 0 Å². The van der Waals surface area contributed by atoms with Gasteiger partial charge in [-0.05, 0) is 12.8 Å². The highest BCUT2D eigenvalue weighted by Gasteiger charge is 2.46. The normalized spacial score (nSPS) is 27.6. The number of amides is 1. The molecule has 2 aliphatic rings. The lowest BCUT2D eigenvalue weighted by Crippen LogP contribution is -2.57. The number of rotatable bonds is 2. The number of hydrogen-bond donors (Lipinski definition) is 1. The minimum atomic E-state index is -0.319. The molecule has 0 radical (unpaired) electrons. The minimum absolute atomic E-state index is 0.0649. The maximum Gasteiger partial charge on any atom is 0.225 e. The van der Waals surface area contributed by atoms with Crippen LogP contribution in [0, 0.1) is 5.41 Å². The Balaban J connectivity index is 1.69. The van der Waals surface area contributed by atoms with Gasteiger partial charge in [0.2, 0.25) is 5.91 Å². The van der Waals surface area contributed by atoms with Crippen LogP contribution in [0.2, 0.25) is 0 Å². The Hall–Kier alpha value is -0.610. The van der Waals surface area contributed by atoms with Gasteiger partial charge in [0, 0.05) is 31.6 Å². The molecule has 17 heavy (non-hydrogen) atoms. The van der Waals surface area contributed by atoms with Crippen LogP contribution in [0.15, 0.2) is 0 Å². The molecule has 0 aromatic heterocycles. The second-order valence-corrected chi connectivity index (χ2v) is 6.20. The molecule has 1 amide bonds. The average molecular weight is 241 g/mol. The number of carbonyl (C=O) groups excluding carboxylic acids is 1. The van der Waals surface area contributed by atoms with Crippen LogP contribution in [-0.2, 0) is 14.3 Å². The molecule has 1 atom stereocenters. The third-order valence-corrected chi connectivity index (χ3v) is 3.59. The fourth-order valence-electron chi connectivity index (χ4n) is 2.41. The molecule has 0 aromatic carbocycles. The highest BCUT2D eigenvalue weighted by molar-refractivity contribution is 5.81. The van der Waals surface area contributed by atoms with Crippen molar-refractivity contribution in [2.75, 3.05) is 19.8 Å². The van der Waals surface area contributed by atoms with Crippen molar-refractivity contribution >= 4 is 5.91 Å². The van der Waals surface area contributed by atoms with E-state index in [9.17, 15) is 4.79 Å². The van der Waals surface area contributed by atoms with Gasteiger partial charge in [0.1, 0.15) is 0 Å². The molecule has 2 aliphatic heterocycles. The molecule has 0 saturated carbocycles. The highest BCUT2D eigenvalue weighted by atomic mass is 16.5. The maximum absolute atomic E-state index is 11.7. The van der Waals surface area contributed by atoms with Gasteiger partial charge in [-0.15, -0.1) is 0 Å². The summed E-state index contributed by atoms with van der Waals surface area (Å²) < 4.78 is 11.3. The predicted octanol–water partition coefficient (Wildman–Crippen LogP) is 1.49. The van der Waals surface area contributed by atoms with Crippen molar-refractivity contribution in [3.05, 3.63) is 0 Å². The van der Waals surface area contributed by atoms with Gasteiger partial charge in [0.05, 0.1) is 11.7 Å². The van der Waals surface area contributed by atoms with E-state index in [1.165, 1.54) is 0 Å². The first kappa shape index (κ1) is 12.8. The fraction of sp³-hybridized carbons (Fsp3) is 0.923. The number of nitrogens with one attached hydrogen (secondary N) is 1. The fourth-order valence-corrected chi connectivity index (χ4v) is 2.41. The van der Waals surface area contributed by atoms with Gasteiger partial charge in [-0.2, -0.15) is 0 Å². The van der Waals surface area contributed by atoms with Gasteiger partial charge < -0.3 is 14.8 Å². The van der Waals surface area contributed by atoms with Crippen LogP contribution in [0.25, 0.3) is 0 Å². The summed E-state index contributed by atoms with van der Waals surface area (Å²) in [5.74, 6) is 0.0917. The van der Waals surface area contributed by atoms with Crippen molar-refractivity contribution in [1.82, 2.24) is 5.32 Å². The number of hydrogen-bond acceptors (Lipinski definition) is 3. The zero-order valence-electron chi connectivity index (χ0n) is 11.0. The second-order valence-electron chi connectivity index (χ2n) is 6.20. The molecule has 0 aromatic rings. The van der Waals surface area contributed by atoms with Crippen molar-refractivity contribution in [2.45, 2.75) is 51.7 Å². The van der Waals surface area contributed by atoms with Crippen LogP contribution in [-0.4, -0.2) is 37.4 Å². The standard InChI is InChI=1S/C13H23NO3/c1-12(2,3)11(15)14-9-10-8-13(17-10)4-6-16-7-5-13/h10H,4-9H2,1-3H3,(H,14,15). The quantitative estimate of drug-likeness (QED) is 0.796. The molecule has 1 spiro atoms. The predicted molar refractivity (Wildman–Crippen MR) is 64.7 cm³/mol. The Kier molecular flexibility index (Phi) is 3.46. The zero-order valence-corrected chi connectivity index (χ0v) is 11.0. The Morgan fingerprint density at radius 3 is 2.47 bits per heavy atom. The van der Waals surface area contributed by atoms with Gasteiger partial charge in [0.15, 0.2) is 0 Å². The summed E-state index contributed by atoms with van der Waals surface area (Å²) in [4.78, 5) is 11.7. The number of ether oxygens (including phenoxy) is 2. The summed E-state index contributed by atoms with van der Waals surface area (Å²) in [5, 5.41) is 2.95. The molecule has 1 unspecified atom stereocenters. The minimum Gasteiger partial charge on any atom is -0.381 e. The van der Waals surface area contributed by atoms with E-state index < -0.39 is 0 Å². The first-order valence-corrected chi connectivity index (χ1v) is 6.45. The smallest absolute Gasteiger partial charge is 0.225 e. The molecule has 0 bridgehead atoms. The molecule has 4 nitrogen and oxygen atoms in total. The van der Waals surface area contributed by atoms with E-state index in [0.717, 1.165) is 32.5 Å². The molecule has 2 rings (SSSR count). The molecule has 2 saturated heterocycles. The Bertz CT molecular complexity index is 282. The summed E-state index contributed by atoms with van der Waals surface area (Å²) in [6.45, 7) is 8.01. The lowest BCUT2D eigenvalue weighted by Gasteiger charge is -2.50. The van der Waals surface area contributed by atoms with Crippen molar-refractivity contribution in [3.63, 3.8) is 0 Å². The van der Waals surface area contributed by atoms with Crippen molar-refractivity contribution in [3.8, 4) is 0 Å². The summed E-state index contributed by atoms with van der Waals surface area (Å²) >= 11 is 0. The van der Waals surface area contributed by atoms with Gasteiger partial charge in [-0.3, -0.25) is 4.79 Å². The average Bonchev–Trinajstić information content (AvgIpc) is 2.23. The van der Waals surface area contributed by atoms with Crippen LogP contribution < -0.4 is 5.32 Å². The topological polar surface area (TPSA) is 47.6 Å². The van der Waals surface area contributed by atoms with Gasteiger partial charge in [-0.1, -0.05) is 20.8 Å². The van der Waals surface area contributed by atoms with Crippen LogP contribution >= 0.6 is 0 Å². The Morgan fingerprint density at radius 1 is 1.35 bits per heavy atom. The zero-order chi connectivity index (χ0) is 12.5. The maximum atomic E-state index is 11.7. The molecule has 0 aliphatic carbocycles. The first-order chi connectivity index (χ1) is 7.91. The molecular formula is C13H23NO3.